The molecule has 0 heterocycles. The summed E-state index contributed by atoms with van der Waals surface area (Å²) in [6, 6.07) is 8.12. The second kappa shape index (κ2) is 7.32. The van der Waals surface area contributed by atoms with Crippen LogP contribution >= 0.6 is 11.6 Å². The zero-order valence-electron chi connectivity index (χ0n) is 13.6. The highest BCUT2D eigenvalue weighted by atomic mass is 35.5. The number of aliphatic imine (C=N–C) groups is 1. The predicted octanol–water partition coefficient (Wildman–Crippen LogP) is 4.23. The fraction of sp³-hybridized carbons (Fsp3) is 0.235. The van der Waals surface area contributed by atoms with E-state index in [0.29, 0.717) is 11.3 Å². The van der Waals surface area contributed by atoms with Gasteiger partial charge in [-0.05, 0) is 43.7 Å². The van der Waals surface area contributed by atoms with E-state index in [1.54, 1.807) is 13.3 Å². The van der Waals surface area contributed by atoms with Gasteiger partial charge in [-0.2, -0.15) is 0 Å². The number of rotatable bonds is 5. The molecule has 0 bridgehead atoms. The molecule has 2 aromatic rings. The predicted molar refractivity (Wildman–Crippen MR) is 94.5 cm³/mol. The summed E-state index contributed by atoms with van der Waals surface area (Å²) in [6.45, 7) is 4.50. The standard InChI is InChI=1S/C17H18ClFN2O2S/c1-4-21(3)11-20-15-10-13(18)17(9-12(15)2)24(22,23)16-8-6-5-7-14(16)19/h5-11H,4H2,1-3H3. The van der Waals surface area contributed by atoms with Crippen LogP contribution < -0.4 is 0 Å². The molecule has 0 unspecified atom stereocenters. The van der Waals surface area contributed by atoms with Crippen molar-refractivity contribution in [2.75, 3.05) is 13.6 Å². The second-order valence-corrected chi connectivity index (χ2v) is 7.61. The van der Waals surface area contributed by atoms with Gasteiger partial charge in [-0.15, -0.1) is 0 Å². The SMILES string of the molecule is CCN(C)C=Nc1cc(Cl)c(S(=O)(=O)c2ccccc2F)cc1C. The number of hydrogen-bond donors (Lipinski definition) is 0. The van der Waals surface area contributed by atoms with Crippen LogP contribution in [-0.4, -0.2) is 33.2 Å². The van der Waals surface area contributed by atoms with Gasteiger partial charge in [0.2, 0.25) is 9.84 Å². The van der Waals surface area contributed by atoms with E-state index in [9.17, 15) is 12.8 Å². The average Bonchev–Trinajstić information content (AvgIpc) is 2.54. The zero-order valence-corrected chi connectivity index (χ0v) is 15.2. The van der Waals surface area contributed by atoms with Crippen molar-refractivity contribution < 1.29 is 12.8 Å². The lowest BCUT2D eigenvalue weighted by atomic mass is 10.2. The van der Waals surface area contributed by atoms with Crippen molar-refractivity contribution in [3.8, 4) is 0 Å². The van der Waals surface area contributed by atoms with E-state index in [-0.39, 0.29) is 9.92 Å². The number of halogens is 2. The molecule has 4 nitrogen and oxygen atoms in total. The smallest absolute Gasteiger partial charge is 0.210 e. The summed E-state index contributed by atoms with van der Waals surface area (Å²) < 4.78 is 39.2. The van der Waals surface area contributed by atoms with E-state index < -0.39 is 20.5 Å². The lowest BCUT2D eigenvalue weighted by molar-refractivity contribution is 0.552. The molecule has 0 fully saturated rings. The Morgan fingerprint density at radius 3 is 2.54 bits per heavy atom. The van der Waals surface area contributed by atoms with Crippen LogP contribution in [0.4, 0.5) is 10.1 Å². The van der Waals surface area contributed by atoms with Gasteiger partial charge in [0.1, 0.15) is 10.7 Å². The van der Waals surface area contributed by atoms with Crippen molar-refractivity contribution in [3.05, 3.63) is 52.8 Å². The summed E-state index contributed by atoms with van der Waals surface area (Å²) in [4.78, 5) is 5.65. The number of hydrogen-bond acceptors (Lipinski definition) is 3. The third kappa shape index (κ3) is 3.76. The van der Waals surface area contributed by atoms with E-state index in [1.165, 1.54) is 30.3 Å². The van der Waals surface area contributed by atoms with Gasteiger partial charge >= 0.3 is 0 Å². The summed E-state index contributed by atoms with van der Waals surface area (Å²) >= 11 is 6.15. The Bertz CT molecular complexity index is 882. The van der Waals surface area contributed by atoms with Gasteiger partial charge in [0, 0.05) is 13.6 Å². The number of benzene rings is 2. The van der Waals surface area contributed by atoms with Crippen molar-refractivity contribution in [2.45, 2.75) is 23.6 Å². The Balaban J connectivity index is 2.52. The second-order valence-electron chi connectivity index (χ2n) is 5.32. The van der Waals surface area contributed by atoms with E-state index in [0.717, 1.165) is 12.6 Å². The minimum Gasteiger partial charge on any atom is -0.366 e. The van der Waals surface area contributed by atoms with Crippen molar-refractivity contribution in [1.29, 1.82) is 0 Å². The van der Waals surface area contributed by atoms with Gasteiger partial charge in [-0.1, -0.05) is 23.7 Å². The van der Waals surface area contributed by atoms with Gasteiger partial charge in [0.05, 0.1) is 21.9 Å². The Kier molecular flexibility index (Phi) is 5.62. The van der Waals surface area contributed by atoms with Crippen LogP contribution in [0.3, 0.4) is 0 Å². The summed E-state index contributed by atoms with van der Waals surface area (Å²) in [5.74, 6) is -0.808. The molecule has 2 aromatic carbocycles. The van der Waals surface area contributed by atoms with Crippen LogP contribution in [0.25, 0.3) is 0 Å². The van der Waals surface area contributed by atoms with Crippen LogP contribution in [0.5, 0.6) is 0 Å². The lowest BCUT2D eigenvalue weighted by Gasteiger charge is -2.12. The van der Waals surface area contributed by atoms with Crippen molar-refractivity contribution in [1.82, 2.24) is 4.90 Å². The van der Waals surface area contributed by atoms with Crippen molar-refractivity contribution >= 4 is 33.5 Å². The van der Waals surface area contributed by atoms with Crippen molar-refractivity contribution in [2.24, 2.45) is 4.99 Å². The molecule has 0 aromatic heterocycles. The summed E-state index contributed by atoms with van der Waals surface area (Å²) in [6.07, 6.45) is 1.64. The molecule has 0 N–H and O–H groups in total. The maximum absolute atomic E-state index is 13.9. The zero-order chi connectivity index (χ0) is 17.9. The van der Waals surface area contributed by atoms with Gasteiger partial charge in [-0.3, -0.25) is 0 Å². The first-order valence-corrected chi connectivity index (χ1v) is 9.17. The number of nitrogens with zero attached hydrogens (tertiary/aromatic N) is 2. The lowest BCUT2D eigenvalue weighted by Crippen LogP contribution is -2.14. The third-order valence-electron chi connectivity index (χ3n) is 3.56. The minimum atomic E-state index is -4.04. The monoisotopic (exact) mass is 368 g/mol. The van der Waals surface area contributed by atoms with E-state index >= 15 is 0 Å². The third-order valence-corrected chi connectivity index (χ3v) is 5.81. The molecule has 0 saturated carbocycles. The molecule has 0 aliphatic rings. The maximum atomic E-state index is 13.9. The van der Waals surface area contributed by atoms with E-state index in [2.05, 4.69) is 4.99 Å². The topological polar surface area (TPSA) is 49.7 Å². The van der Waals surface area contributed by atoms with Gasteiger partial charge in [0.15, 0.2) is 0 Å². The summed E-state index contributed by atoms with van der Waals surface area (Å²) in [5.41, 5.74) is 1.20. The first-order valence-electron chi connectivity index (χ1n) is 7.31. The highest BCUT2D eigenvalue weighted by molar-refractivity contribution is 7.91. The van der Waals surface area contributed by atoms with Gasteiger partial charge in [0.25, 0.3) is 0 Å². The fourth-order valence-corrected chi connectivity index (χ4v) is 3.94. The molecule has 0 aliphatic carbocycles. The van der Waals surface area contributed by atoms with Crippen LogP contribution in [0, 0.1) is 12.7 Å². The summed E-state index contributed by atoms with van der Waals surface area (Å²) in [7, 11) is -2.17. The largest absolute Gasteiger partial charge is 0.366 e. The normalized spacial score (nSPS) is 11.9. The molecule has 0 atom stereocenters. The molecule has 0 radical (unpaired) electrons. The molecule has 0 spiro atoms. The molecule has 128 valence electrons. The van der Waals surface area contributed by atoms with Crippen LogP contribution in [0.15, 0.2) is 51.2 Å². The van der Waals surface area contributed by atoms with E-state index in [1.807, 2.05) is 18.9 Å². The van der Waals surface area contributed by atoms with Crippen LogP contribution in [-0.2, 0) is 9.84 Å². The first kappa shape index (κ1) is 18.4. The maximum Gasteiger partial charge on any atom is 0.210 e. The first-order chi connectivity index (χ1) is 11.3. The van der Waals surface area contributed by atoms with Crippen LogP contribution in [0.1, 0.15) is 12.5 Å². The van der Waals surface area contributed by atoms with Crippen molar-refractivity contribution in [3.63, 3.8) is 0 Å². The Morgan fingerprint density at radius 1 is 1.25 bits per heavy atom. The molecule has 0 amide bonds. The van der Waals surface area contributed by atoms with E-state index in [4.69, 9.17) is 11.6 Å². The fourth-order valence-electron chi connectivity index (χ4n) is 2.01. The number of sulfone groups is 1. The highest BCUT2D eigenvalue weighted by Gasteiger charge is 2.25. The Morgan fingerprint density at radius 2 is 1.92 bits per heavy atom. The quantitative estimate of drug-likeness (QED) is 0.586. The molecule has 7 heteroatoms. The van der Waals surface area contributed by atoms with Gasteiger partial charge in [-0.25, -0.2) is 17.8 Å². The molecule has 0 saturated heterocycles. The molecule has 0 aliphatic heterocycles. The summed E-state index contributed by atoms with van der Waals surface area (Å²) in [5, 5.41) is 0.00940. The van der Waals surface area contributed by atoms with Gasteiger partial charge < -0.3 is 4.90 Å². The average molecular weight is 369 g/mol. The highest BCUT2D eigenvalue weighted by Crippen LogP contribution is 2.34. The molecular formula is C17H18ClFN2O2S. The molecule has 2 rings (SSSR count). The Labute approximate surface area is 146 Å². The minimum absolute atomic E-state index is 0.00940. The number of aryl methyl sites for hydroxylation is 1. The molecular weight excluding hydrogens is 351 g/mol. The van der Waals surface area contributed by atoms with Crippen LogP contribution in [0.2, 0.25) is 5.02 Å². The molecule has 24 heavy (non-hydrogen) atoms. The Hall–Kier alpha value is -1.92.